The van der Waals surface area contributed by atoms with Gasteiger partial charge in [-0.3, -0.25) is 0 Å². The zero-order valence-electron chi connectivity index (χ0n) is 5.75. The Labute approximate surface area is 77.7 Å². The van der Waals surface area contributed by atoms with E-state index in [1.165, 1.54) is 6.20 Å². The van der Waals surface area contributed by atoms with Crippen LogP contribution < -0.4 is 0 Å². The standard InChI is InChI=1S/C6H5BrClN3/c1-11-5(8)3-10-6(11)4(7)2-9/h3-4H,1H3. The van der Waals surface area contributed by atoms with Gasteiger partial charge in [-0.15, -0.1) is 0 Å². The molecule has 5 heteroatoms. The van der Waals surface area contributed by atoms with Crippen molar-refractivity contribution in [3.63, 3.8) is 0 Å². The number of hydrogen-bond donors (Lipinski definition) is 0. The summed E-state index contributed by atoms with van der Waals surface area (Å²) in [4.78, 5) is 3.56. The fourth-order valence-electron chi connectivity index (χ4n) is 0.695. The molecule has 0 aliphatic rings. The lowest BCUT2D eigenvalue weighted by Gasteiger charge is -2.00. The molecule has 0 aliphatic heterocycles. The Bertz CT molecular complexity index is 301. The van der Waals surface area contributed by atoms with E-state index in [1.54, 1.807) is 11.6 Å². The molecule has 11 heavy (non-hydrogen) atoms. The van der Waals surface area contributed by atoms with Crippen molar-refractivity contribution in [1.82, 2.24) is 9.55 Å². The highest BCUT2D eigenvalue weighted by atomic mass is 79.9. The Balaban J connectivity index is 3.07. The van der Waals surface area contributed by atoms with Gasteiger partial charge in [0.05, 0.1) is 12.3 Å². The molecule has 0 bridgehead atoms. The van der Waals surface area contributed by atoms with Crippen LogP contribution in [0.3, 0.4) is 0 Å². The van der Waals surface area contributed by atoms with E-state index in [-0.39, 0.29) is 4.83 Å². The normalized spacial score (nSPS) is 12.5. The number of nitrogens with zero attached hydrogens (tertiary/aromatic N) is 3. The third-order valence-corrected chi connectivity index (χ3v) is 2.27. The summed E-state index contributed by atoms with van der Waals surface area (Å²) in [5.74, 6) is 0.623. The van der Waals surface area contributed by atoms with E-state index in [2.05, 4.69) is 20.9 Å². The summed E-state index contributed by atoms with van der Waals surface area (Å²) in [7, 11) is 1.76. The van der Waals surface area contributed by atoms with E-state index < -0.39 is 0 Å². The van der Waals surface area contributed by atoms with Gasteiger partial charge in [0.1, 0.15) is 11.0 Å². The van der Waals surface area contributed by atoms with Crippen molar-refractivity contribution in [3.05, 3.63) is 17.2 Å². The molecule has 1 aromatic heterocycles. The molecular weight excluding hydrogens is 229 g/mol. The second kappa shape index (κ2) is 3.24. The van der Waals surface area contributed by atoms with Crippen LogP contribution in [0.2, 0.25) is 5.15 Å². The minimum atomic E-state index is -0.389. The number of halogens is 2. The summed E-state index contributed by atoms with van der Waals surface area (Å²) in [6.45, 7) is 0. The van der Waals surface area contributed by atoms with Gasteiger partial charge in [-0.1, -0.05) is 27.5 Å². The molecule has 1 atom stereocenters. The van der Waals surface area contributed by atoms with Gasteiger partial charge in [0.15, 0.2) is 4.83 Å². The van der Waals surface area contributed by atoms with Crippen LogP contribution in [-0.2, 0) is 7.05 Å². The highest BCUT2D eigenvalue weighted by molar-refractivity contribution is 9.09. The van der Waals surface area contributed by atoms with E-state index in [9.17, 15) is 0 Å². The van der Waals surface area contributed by atoms with Crippen molar-refractivity contribution in [1.29, 1.82) is 5.26 Å². The predicted molar refractivity (Wildman–Crippen MR) is 45.5 cm³/mol. The second-order valence-electron chi connectivity index (χ2n) is 1.99. The van der Waals surface area contributed by atoms with Crippen LogP contribution in [0.4, 0.5) is 0 Å². The molecule has 1 unspecified atom stereocenters. The molecule has 0 fully saturated rings. The Morgan fingerprint density at radius 1 is 1.91 bits per heavy atom. The third kappa shape index (κ3) is 1.55. The predicted octanol–water partition coefficient (Wildman–Crippen LogP) is 2.03. The molecular formula is C6H5BrClN3. The SMILES string of the molecule is Cn1c(Cl)cnc1C(Br)C#N. The number of rotatable bonds is 1. The van der Waals surface area contributed by atoms with E-state index in [0.717, 1.165) is 0 Å². The molecule has 0 saturated carbocycles. The average Bonchev–Trinajstić information content (AvgIpc) is 2.32. The van der Waals surface area contributed by atoms with Crippen LogP contribution in [-0.4, -0.2) is 9.55 Å². The molecule has 0 aliphatic carbocycles. The number of imidazole rings is 1. The van der Waals surface area contributed by atoms with Gasteiger partial charge in [0.25, 0.3) is 0 Å². The maximum atomic E-state index is 8.53. The van der Waals surface area contributed by atoms with Crippen LogP contribution in [0, 0.1) is 11.3 Å². The van der Waals surface area contributed by atoms with E-state index in [4.69, 9.17) is 16.9 Å². The minimum Gasteiger partial charge on any atom is -0.320 e. The quantitative estimate of drug-likeness (QED) is 0.698. The molecule has 1 heterocycles. The summed E-state index contributed by atoms with van der Waals surface area (Å²) in [5, 5.41) is 9.06. The van der Waals surface area contributed by atoms with Crippen molar-refractivity contribution in [3.8, 4) is 6.07 Å². The van der Waals surface area contributed by atoms with Gasteiger partial charge in [-0.05, 0) is 0 Å². The van der Waals surface area contributed by atoms with E-state index in [0.29, 0.717) is 11.0 Å². The van der Waals surface area contributed by atoms with Crippen LogP contribution in [0.1, 0.15) is 10.7 Å². The van der Waals surface area contributed by atoms with Gasteiger partial charge in [-0.25, -0.2) is 4.98 Å². The third-order valence-electron chi connectivity index (χ3n) is 1.31. The van der Waals surface area contributed by atoms with Crippen molar-refractivity contribution in [2.24, 2.45) is 7.05 Å². The van der Waals surface area contributed by atoms with Crippen molar-refractivity contribution in [2.75, 3.05) is 0 Å². The Morgan fingerprint density at radius 3 is 2.91 bits per heavy atom. The van der Waals surface area contributed by atoms with Crippen molar-refractivity contribution < 1.29 is 0 Å². The fourth-order valence-corrected chi connectivity index (χ4v) is 1.26. The van der Waals surface area contributed by atoms with Gasteiger partial charge in [-0.2, -0.15) is 5.26 Å². The van der Waals surface area contributed by atoms with Crippen LogP contribution in [0.15, 0.2) is 6.20 Å². The first-order valence-electron chi connectivity index (χ1n) is 2.87. The monoisotopic (exact) mass is 233 g/mol. The molecule has 58 valence electrons. The number of nitriles is 1. The summed E-state index contributed by atoms with van der Waals surface area (Å²) < 4.78 is 1.66. The Hall–Kier alpha value is -0.530. The molecule has 3 nitrogen and oxygen atoms in total. The first-order valence-corrected chi connectivity index (χ1v) is 4.17. The van der Waals surface area contributed by atoms with Gasteiger partial charge < -0.3 is 4.57 Å². The van der Waals surface area contributed by atoms with Gasteiger partial charge in [0, 0.05) is 7.05 Å². The largest absolute Gasteiger partial charge is 0.320 e. The van der Waals surface area contributed by atoms with Crippen LogP contribution in [0.25, 0.3) is 0 Å². The molecule has 1 aromatic rings. The first kappa shape index (κ1) is 8.57. The zero-order valence-corrected chi connectivity index (χ0v) is 8.09. The Morgan fingerprint density at radius 2 is 2.55 bits per heavy atom. The first-order chi connectivity index (χ1) is 5.16. The summed E-state index contributed by atoms with van der Waals surface area (Å²) in [6.07, 6.45) is 1.52. The highest BCUT2D eigenvalue weighted by Gasteiger charge is 2.12. The van der Waals surface area contributed by atoms with Crippen molar-refractivity contribution in [2.45, 2.75) is 4.83 Å². The van der Waals surface area contributed by atoms with E-state index in [1.807, 2.05) is 6.07 Å². The zero-order chi connectivity index (χ0) is 8.43. The van der Waals surface area contributed by atoms with Gasteiger partial charge >= 0.3 is 0 Å². The molecule has 0 N–H and O–H groups in total. The number of aromatic nitrogens is 2. The number of hydrogen-bond acceptors (Lipinski definition) is 2. The van der Waals surface area contributed by atoms with Gasteiger partial charge in [0.2, 0.25) is 0 Å². The lowest BCUT2D eigenvalue weighted by atomic mass is 10.4. The molecule has 0 amide bonds. The lowest BCUT2D eigenvalue weighted by molar-refractivity contribution is 0.831. The molecule has 1 rings (SSSR count). The van der Waals surface area contributed by atoms with Crippen molar-refractivity contribution >= 4 is 27.5 Å². The molecule has 0 radical (unpaired) electrons. The maximum absolute atomic E-state index is 8.53. The average molecular weight is 234 g/mol. The molecule has 0 aromatic carbocycles. The minimum absolute atomic E-state index is 0.389. The lowest BCUT2D eigenvalue weighted by Crippen LogP contribution is -1.98. The summed E-state index contributed by atoms with van der Waals surface area (Å²) >= 11 is 8.85. The highest BCUT2D eigenvalue weighted by Crippen LogP contribution is 2.22. The maximum Gasteiger partial charge on any atom is 0.159 e. The number of alkyl halides is 1. The fraction of sp³-hybridized carbons (Fsp3) is 0.333. The summed E-state index contributed by atoms with van der Waals surface area (Å²) in [6, 6.07) is 2.01. The smallest absolute Gasteiger partial charge is 0.159 e. The Kier molecular flexibility index (Phi) is 2.53. The van der Waals surface area contributed by atoms with Crippen LogP contribution in [0.5, 0.6) is 0 Å². The second-order valence-corrected chi connectivity index (χ2v) is 3.29. The van der Waals surface area contributed by atoms with Crippen LogP contribution >= 0.6 is 27.5 Å². The molecule has 0 spiro atoms. The van der Waals surface area contributed by atoms with E-state index >= 15 is 0 Å². The summed E-state index contributed by atoms with van der Waals surface area (Å²) in [5.41, 5.74) is 0. The molecule has 0 saturated heterocycles. The topological polar surface area (TPSA) is 41.6 Å².